The molecule has 1 aliphatic rings. The highest BCUT2D eigenvalue weighted by atomic mass is 31.2. The second-order valence-corrected chi connectivity index (χ2v) is 9.32. The van der Waals surface area contributed by atoms with Gasteiger partial charge in [0.15, 0.2) is 5.78 Å². The molecule has 3 rings (SSSR count). The Morgan fingerprint density at radius 3 is 2.25 bits per heavy atom. The van der Waals surface area contributed by atoms with E-state index < -0.39 is 18.3 Å². The fraction of sp³-hybridized carbons (Fsp3) is 0.400. The van der Waals surface area contributed by atoms with E-state index in [9.17, 15) is 14.7 Å². The van der Waals surface area contributed by atoms with Crippen LogP contribution in [0.3, 0.4) is 0 Å². The van der Waals surface area contributed by atoms with Gasteiger partial charge < -0.3 is 14.4 Å². The average molecular weight is 404 g/mol. The first kappa shape index (κ1) is 20.5. The van der Waals surface area contributed by atoms with Crippen molar-refractivity contribution < 1.29 is 18.5 Å². The molecular formula is C20H25N2O5P. The fourth-order valence-corrected chi connectivity index (χ4v) is 5.20. The molecule has 2 aromatic carbocycles. The Bertz CT molecular complexity index is 867. The third-order valence-electron chi connectivity index (χ3n) is 4.74. The molecule has 1 heterocycles. The molecule has 2 aromatic rings. The van der Waals surface area contributed by atoms with E-state index in [2.05, 4.69) is 19.2 Å². The number of nitro groups is 1. The van der Waals surface area contributed by atoms with E-state index >= 15 is 0 Å². The van der Waals surface area contributed by atoms with E-state index in [4.69, 9.17) is 9.05 Å². The van der Waals surface area contributed by atoms with Gasteiger partial charge in [0.1, 0.15) is 0 Å². The van der Waals surface area contributed by atoms with Crippen molar-refractivity contribution in [3.8, 4) is 0 Å². The minimum atomic E-state index is -3.52. The quantitative estimate of drug-likeness (QED) is 0.369. The molecule has 0 bridgehead atoms. The first-order valence-corrected chi connectivity index (χ1v) is 10.9. The standard InChI is InChI=1S/C20H25N2O5P/c1-14(2)16-4-8-18(9-5-16)21-20(28(25)26-13-12-15(3)27-28)17-6-10-19(11-7-17)22(23)24/h4-11,14-15,20-21H,12-13H2,1-3H3/t15?,20?,28-/m0/s1. The molecule has 1 saturated heterocycles. The predicted octanol–water partition coefficient (Wildman–Crippen LogP) is 5.85. The van der Waals surface area contributed by atoms with Crippen LogP contribution in [-0.4, -0.2) is 17.6 Å². The Balaban J connectivity index is 1.94. The van der Waals surface area contributed by atoms with E-state index in [1.165, 1.54) is 17.7 Å². The van der Waals surface area contributed by atoms with Crippen molar-refractivity contribution >= 4 is 19.0 Å². The summed E-state index contributed by atoms with van der Waals surface area (Å²) in [5, 5.41) is 14.2. The van der Waals surface area contributed by atoms with Crippen molar-refractivity contribution in [1.29, 1.82) is 0 Å². The Labute approximate surface area is 164 Å². The number of hydrogen-bond acceptors (Lipinski definition) is 6. The number of nitrogens with one attached hydrogen (secondary N) is 1. The van der Waals surface area contributed by atoms with Crippen molar-refractivity contribution in [1.82, 2.24) is 0 Å². The summed E-state index contributed by atoms with van der Waals surface area (Å²) in [7, 11) is -3.52. The molecule has 1 aliphatic heterocycles. The highest BCUT2D eigenvalue weighted by molar-refractivity contribution is 7.54. The van der Waals surface area contributed by atoms with Gasteiger partial charge in [0.2, 0.25) is 0 Å². The number of rotatable bonds is 6. The number of non-ortho nitro benzene ring substituents is 1. The SMILES string of the molecule is CC1CCO[P@@](=O)(C(Nc2ccc(C(C)C)cc2)c2ccc([N+](=O)[O-])cc2)O1. The lowest BCUT2D eigenvalue weighted by Crippen LogP contribution is -2.23. The lowest BCUT2D eigenvalue weighted by molar-refractivity contribution is -0.384. The number of nitrogens with zero attached hydrogens (tertiary/aromatic N) is 1. The molecule has 8 heteroatoms. The lowest BCUT2D eigenvalue weighted by Gasteiger charge is -2.34. The molecule has 0 spiro atoms. The predicted molar refractivity (Wildman–Crippen MR) is 109 cm³/mol. The van der Waals surface area contributed by atoms with E-state index in [-0.39, 0.29) is 11.8 Å². The molecule has 3 atom stereocenters. The normalized spacial score (nSPS) is 23.4. The van der Waals surface area contributed by atoms with Gasteiger partial charge >= 0.3 is 7.60 Å². The first-order chi connectivity index (χ1) is 13.3. The zero-order valence-corrected chi connectivity index (χ0v) is 17.1. The molecule has 0 aliphatic carbocycles. The maximum absolute atomic E-state index is 13.5. The summed E-state index contributed by atoms with van der Waals surface area (Å²) < 4.78 is 24.8. The molecular weight excluding hydrogens is 379 g/mol. The smallest absolute Gasteiger partial charge is 0.357 e. The summed E-state index contributed by atoms with van der Waals surface area (Å²) in [6, 6.07) is 13.8. The van der Waals surface area contributed by atoms with Crippen molar-refractivity contribution in [3.05, 3.63) is 69.8 Å². The van der Waals surface area contributed by atoms with Gasteiger partial charge in [0.25, 0.3) is 5.69 Å². The summed E-state index contributed by atoms with van der Waals surface area (Å²) in [4.78, 5) is 10.5. The summed E-state index contributed by atoms with van der Waals surface area (Å²) in [6.07, 6.45) is 0.477. The third-order valence-corrected chi connectivity index (χ3v) is 6.99. The number of nitro benzene ring substituents is 1. The molecule has 150 valence electrons. The van der Waals surface area contributed by atoms with Crippen LogP contribution in [0.2, 0.25) is 0 Å². The molecule has 0 aromatic heterocycles. The Morgan fingerprint density at radius 1 is 1.11 bits per heavy atom. The third kappa shape index (κ3) is 4.61. The van der Waals surface area contributed by atoms with Crippen molar-refractivity contribution in [3.63, 3.8) is 0 Å². The van der Waals surface area contributed by atoms with Crippen LogP contribution in [0.15, 0.2) is 48.5 Å². The van der Waals surface area contributed by atoms with Gasteiger partial charge in [-0.15, -0.1) is 0 Å². The maximum atomic E-state index is 13.5. The zero-order valence-electron chi connectivity index (χ0n) is 16.2. The van der Waals surface area contributed by atoms with Crippen molar-refractivity contribution in [2.24, 2.45) is 0 Å². The molecule has 1 N–H and O–H groups in total. The van der Waals surface area contributed by atoms with E-state index in [0.717, 1.165) is 5.69 Å². The van der Waals surface area contributed by atoms with Crippen LogP contribution in [0.25, 0.3) is 0 Å². The highest BCUT2D eigenvalue weighted by Crippen LogP contribution is 2.63. The van der Waals surface area contributed by atoms with Crippen molar-refractivity contribution in [2.75, 3.05) is 11.9 Å². The molecule has 0 radical (unpaired) electrons. The van der Waals surface area contributed by atoms with E-state index in [0.29, 0.717) is 24.5 Å². The van der Waals surface area contributed by atoms with Crippen molar-refractivity contribution in [2.45, 2.75) is 45.0 Å². The Hall–Kier alpha value is -2.21. The molecule has 0 amide bonds. The van der Waals surface area contributed by atoms with Gasteiger partial charge in [-0.25, -0.2) is 0 Å². The van der Waals surface area contributed by atoms with Crippen LogP contribution >= 0.6 is 7.60 Å². The Morgan fingerprint density at radius 2 is 1.71 bits per heavy atom. The molecule has 28 heavy (non-hydrogen) atoms. The number of anilines is 1. The Kier molecular flexibility index (Phi) is 6.18. The largest absolute Gasteiger partial charge is 0.368 e. The van der Waals surface area contributed by atoms with E-state index in [1.807, 2.05) is 31.2 Å². The van der Waals surface area contributed by atoms with Gasteiger partial charge in [-0.3, -0.25) is 14.7 Å². The summed E-state index contributed by atoms with van der Waals surface area (Å²) in [6.45, 7) is 6.44. The minimum Gasteiger partial charge on any atom is -0.368 e. The van der Waals surface area contributed by atoms with Crippen LogP contribution in [0.1, 0.15) is 50.0 Å². The molecule has 1 fully saturated rings. The van der Waals surface area contributed by atoms with Crippen LogP contribution < -0.4 is 5.32 Å². The lowest BCUT2D eigenvalue weighted by atomic mass is 10.0. The van der Waals surface area contributed by atoms with Gasteiger partial charge in [0.05, 0.1) is 17.6 Å². The monoisotopic (exact) mass is 404 g/mol. The van der Waals surface area contributed by atoms with Gasteiger partial charge in [-0.05, 0) is 54.7 Å². The number of benzene rings is 2. The fourth-order valence-electron chi connectivity index (χ4n) is 3.06. The van der Waals surface area contributed by atoms with Gasteiger partial charge in [0, 0.05) is 17.8 Å². The average Bonchev–Trinajstić information content (AvgIpc) is 2.66. The molecule has 2 unspecified atom stereocenters. The molecule has 7 nitrogen and oxygen atoms in total. The summed E-state index contributed by atoms with van der Waals surface area (Å²) in [5.41, 5.74) is 2.55. The summed E-state index contributed by atoms with van der Waals surface area (Å²) >= 11 is 0. The van der Waals surface area contributed by atoms with Gasteiger partial charge in [-0.2, -0.15) is 0 Å². The zero-order chi connectivity index (χ0) is 20.3. The van der Waals surface area contributed by atoms with Crippen LogP contribution in [0.5, 0.6) is 0 Å². The number of hydrogen-bond donors (Lipinski definition) is 1. The van der Waals surface area contributed by atoms with E-state index in [1.54, 1.807) is 12.1 Å². The second-order valence-electron chi connectivity index (χ2n) is 7.25. The highest BCUT2D eigenvalue weighted by Gasteiger charge is 2.41. The van der Waals surface area contributed by atoms with Crippen LogP contribution in [0, 0.1) is 10.1 Å². The molecule has 0 saturated carbocycles. The van der Waals surface area contributed by atoms with Gasteiger partial charge in [-0.1, -0.05) is 26.0 Å². The van der Waals surface area contributed by atoms with Crippen LogP contribution in [-0.2, 0) is 13.6 Å². The second kappa shape index (κ2) is 8.43. The van der Waals surface area contributed by atoms with Crippen LogP contribution in [0.4, 0.5) is 11.4 Å². The topological polar surface area (TPSA) is 90.7 Å². The maximum Gasteiger partial charge on any atom is 0.357 e. The minimum absolute atomic E-state index is 0.0269. The summed E-state index contributed by atoms with van der Waals surface area (Å²) in [5.74, 6) is -0.357. The first-order valence-electron chi connectivity index (χ1n) is 9.32.